The first kappa shape index (κ1) is 20.6. The van der Waals surface area contributed by atoms with Gasteiger partial charge in [-0.2, -0.15) is 0 Å². The van der Waals surface area contributed by atoms with E-state index >= 15 is 0 Å². The summed E-state index contributed by atoms with van der Waals surface area (Å²) >= 11 is 5.98. The predicted molar refractivity (Wildman–Crippen MR) is 112 cm³/mol. The molecule has 0 unspecified atom stereocenters. The van der Waals surface area contributed by atoms with Crippen LogP contribution in [0.3, 0.4) is 0 Å². The van der Waals surface area contributed by atoms with E-state index < -0.39 is 5.79 Å². The third-order valence-electron chi connectivity index (χ3n) is 5.01. The topological polar surface area (TPSA) is 62.6 Å². The Morgan fingerprint density at radius 2 is 2.00 bits per heavy atom. The summed E-state index contributed by atoms with van der Waals surface area (Å²) in [5.41, 5.74) is 1.67. The number of carbonyl (C=O) groups is 1. The first-order valence-corrected chi connectivity index (χ1v) is 10.2. The minimum atomic E-state index is -0.815. The van der Waals surface area contributed by atoms with E-state index in [0.717, 1.165) is 12.0 Å². The summed E-state index contributed by atoms with van der Waals surface area (Å²) in [6.45, 7) is 1.00. The van der Waals surface area contributed by atoms with Crippen LogP contribution in [0.4, 0.5) is 0 Å². The van der Waals surface area contributed by atoms with Crippen molar-refractivity contribution in [3.8, 4) is 0 Å². The van der Waals surface area contributed by atoms with E-state index in [1.165, 1.54) is 0 Å². The Balaban J connectivity index is 1.39. The Morgan fingerprint density at radius 3 is 2.73 bits per heavy atom. The minimum Gasteiger partial charge on any atom is -0.459 e. The molecule has 2 atom stereocenters. The molecule has 3 aromatic rings. The van der Waals surface area contributed by atoms with Gasteiger partial charge >= 0.3 is 5.97 Å². The van der Waals surface area contributed by atoms with E-state index in [9.17, 15) is 4.79 Å². The molecule has 0 radical (unpaired) electrons. The highest BCUT2D eigenvalue weighted by Gasteiger charge is 2.42. The molecule has 0 aliphatic carbocycles. The van der Waals surface area contributed by atoms with Crippen LogP contribution in [0.5, 0.6) is 0 Å². The van der Waals surface area contributed by atoms with E-state index in [1.54, 1.807) is 36.8 Å². The van der Waals surface area contributed by atoms with Crippen LogP contribution in [0, 0.1) is 0 Å². The minimum absolute atomic E-state index is 0.139. The van der Waals surface area contributed by atoms with Crippen molar-refractivity contribution >= 4 is 17.6 Å². The third kappa shape index (κ3) is 5.27. The molecular weight excluding hydrogens is 404 g/mol. The molecule has 0 saturated carbocycles. The Bertz CT molecular complexity index is 947. The second-order valence-corrected chi connectivity index (χ2v) is 7.72. The monoisotopic (exact) mass is 426 g/mol. The number of aromatic nitrogens is 2. The first-order chi connectivity index (χ1) is 14.6. The number of esters is 1. The molecule has 1 fully saturated rings. The maximum Gasteiger partial charge on any atom is 0.338 e. The quantitative estimate of drug-likeness (QED) is 0.506. The van der Waals surface area contributed by atoms with Gasteiger partial charge in [-0.15, -0.1) is 0 Å². The fourth-order valence-corrected chi connectivity index (χ4v) is 3.59. The van der Waals surface area contributed by atoms with Crippen LogP contribution in [0.25, 0.3) is 0 Å². The van der Waals surface area contributed by atoms with E-state index in [0.29, 0.717) is 30.2 Å². The summed E-state index contributed by atoms with van der Waals surface area (Å²) in [5, 5.41) is 0.709. The Labute approximate surface area is 180 Å². The standard InChI is InChI=1S/C23H23ClN2O4/c24-20-8-6-18(7-9-20)10-11-23(16-26-13-12-25-17-26)29-15-21(30-23)14-28-22(27)19-4-2-1-3-5-19/h1-9,12-13,17,21H,10-11,14-16H2/t21-,23+/m1/s1. The Kier molecular flexibility index (Phi) is 6.47. The van der Waals surface area contributed by atoms with E-state index in [2.05, 4.69) is 4.98 Å². The van der Waals surface area contributed by atoms with Crippen molar-refractivity contribution < 1.29 is 19.0 Å². The van der Waals surface area contributed by atoms with Crippen LogP contribution >= 0.6 is 11.6 Å². The number of rotatable bonds is 8. The number of benzene rings is 2. The van der Waals surface area contributed by atoms with Gasteiger partial charge in [-0.05, 0) is 36.2 Å². The second kappa shape index (κ2) is 9.43. The molecular formula is C23H23ClN2O4. The SMILES string of the molecule is O=C(OC[C@@H]1CO[C@](CCc2ccc(Cl)cc2)(Cn2ccnc2)O1)c1ccccc1. The van der Waals surface area contributed by atoms with Gasteiger partial charge in [0, 0.05) is 23.8 Å². The van der Waals surface area contributed by atoms with Crippen LogP contribution in [-0.2, 0) is 27.2 Å². The molecule has 6 nitrogen and oxygen atoms in total. The van der Waals surface area contributed by atoms with Gasteiger partial charge in [0.2, 0.25) is 0 Å². The van der Waals surface area contributed by atoms with Gasteiger partial charge in [0.1, 0.15) is 12.7 Å². The molecule has 2 aromatic carbocycles. The van der Waals surface area contributed by atoms with Crippen LogP contribution in [0.1, 0.15) is 22.3 Å². The summed E-state index contributed by atoms with van der Waals surface area (Å²) in [6, 6.07) is 16.7. The number of ether oxygens (including phenoxy) is 3. The maximum atomic E-state index is 12.2. The lowest BCUT2D eigenvalue weighted by molar-refractivity contribution is -0.185. The summed E-state index contributed by atoms with van der Waals surface area (Å²) in [6.07, 6.45) is 6.42. The maximum absolute atomic E-state index is 12.2. The van der Waals surface area contributed by atoms with Gasteiger partial charge in [0.15, 0.2) is 5.79 Å². The van der Waals surface area contributed by atoms with Crippen LogP contribution in [0.15, 0.2) is 73.3 Å². The lowest BCUT2D eigenvalue weighted by Gasteiger charge is -2.28. The molecule has 0 amide bonds. The fraction of sp³-hybridized carbons (Fsp3) is 0.304. The lowest BCUT2D eigenvalue weighted by atomic mass is 10.0. The second-order valence-electron chi connectivity index (χ2n) is 7.29. The predicted octanol–water partition coefficient (Wildman–Crippen LogP) is 4.14. The Morgan fingerprint density at radius 1 is 1.20 bits per heavy atom. The summed E-state index contributed by atoms with van der Waals surface area (Å²) in [4.78, 5) is 16.3. The number of imidazole rings is 1. The normalized spacial score (nSPS) is 20.9. The van der Waals surface area contributed by atoms with Gasteiger partial charge in [0.05, 0.1) is 25.0 Å². The van der Waals surface area contributed by atoms with Gasteiger partial charge in [0.25, 0.3) is 0 Å². The molecule has 4 rings (SSSR count). The van der Waals surface area contributed by atoms with E-state index in [-0.39, 0.29) is 18.7 Å². The zero-order valence-corrected chi connectivity index (χ0v) is 17.2. The average Bonchev–Trinajstić information content (AvgIpc) is 3.43. The number of hydrogen-bond donors (Lipinski definition) is 0. The number of halogens is 1. The molecule has 0 spiro atoms. The fourth-order valence-electron chi connectivity index (χ4n) is 3.46. The van der Waals surface area contributed by atoms with Crippen molar-refractivity contribution in [1.29, 1.82) is 0 Å². The van der Waals surface area contributed by atoms with Gasteiger partial charge < -0.3 is 18.8 Å². The zero-order chi connectivity index (χ0) is 20.8. The molecule has 0 bridgehead atoms. The molecule has 30 heavy (non-hydrogen) atoms. The van der Waals surface area contributed by atoms with Crippen molar-refractivity contribution in [3.05, 3.63) is 89.5 Å². The molecule has 7 heteroatoms. The highest BCUT2D eigenvalue weighted by Crippen LogP contribution is 2.31. The van der Waals surface area contributed by atoms with Crippen molar-refractivity contribution in [2.45, 2.75) is 31.3 Å². The highest BCUT2D eigenvalue weighted by atomic mass is 35.5. The van der Waals surface area contributed by atoms with Crippen molar-refractivity contribution in [3.63, 3.8) is 0 Å². The van der Waals surface area contributed by atoms with Gasteiger partial charge in [-0.3, -0.25) is 0 Å². The van der Waals surface area contributed by atoms with E-state index in [4.69, 9.17) is 25.8 Å². The number of aryl methyl sites for hydroxylation is 1. The summed E-state index contributed by atoms with van der Waals surface area (Å²) < 4.78 is 19.8. The molecule has 0 N–H and O–H groups in total. The van der Waals surface area contributed by atoms with Crippen molar-refractivity contribution in [1.82, 2.24) is 9.55 Å². The van der Waals surface area contributed by atoms with Gasteiger partial charge in [-0.1, -0.05) is 41.9 Å². The molecule has 156 valence electrons. The van der Waals surface area contributed by atoms with Crippen LogP contribution in [0.2, 0.25) is 5.02 Å². The number of carbonyl (C=O) groups excluding carboxylic acids is 1. The number of nitrogens with zero attached hydrogens (tertiary/aromatic N) is 2. The largest absolute Gasteiger partial charge is 0.459 e. The molecule has 1 aliphatic rings. The van der Waals surface area contributed by atoms with Gasteiger partial charge in [-0.25, -0.2) is 9.78 Å². The third-order valence-corrected chi connectivity index (χ3v) is 5.27. The average molecular weight is 427 g/mol. The van der Waals surface area contributed by atoms with Crippen LogP contribution < -0.4 is 0 Å². The first-order valence-electron chi connectivity index (χ1n) is 9.86. The van der Waals surface area contributed by atoms with Crippen molar-refractivity contribution in [2.75, 3.05) is 13.2 Å². The Hall–Kier alpha value is -2.67. The summed E-state index contributed by atoms with van der Waals surface area (Å²) in [5.74, 6) is -1.18. The highest BCUT2D eigenvalue weighted by molar-refractivity contribution is 6.30. The van der Waals surface area contributed by atoms with Crippen molar-refractivity contribution in [2.24, 2.45) is 0 Å². The lowest BCUT2D eigenvalue weighted by Crippen LogP contribution is -2.37. The van der Waals surface area contributed by atoms with E-state index in [1.807, 2.05) is 41.1 Å². The molecule has 1 aliphatic heterocycles. The number of hydrogen-bond acceptors (Lipinski definition) is 5. The smallest absolute Gasteiger partial charge is 0.338 e. The molecule has 1 saturated heterocycles. The molecule has 1 aromatic heterocycles. The zero-order valence-electron chi connectivity index (χ0n) is 16.4. The van der Waals surface area contributed by atoms with Crippen LogP contribution in [-0.4, -0.2) is 40.6 Å². The molecule has 2 heterocycles. The summed E-state index contributed by atoms with van der Waals surface area (Å²) in [7, 11) is 0.